The summed E-state index contributed by atoms with van der Waals surface area (Å²) in [6, 6.07) is 15.0. The highest BCUT2D eigenvalue weighted by atomic mass is 32.2. The average molecular weight is 300 g/mol. The van der Waals surface area contributed by atoms with Gasteiger partial charge in [-0.25, -0.2) is 0 Å². The van der Waals surface area contributed by atoms with Crippen molar-refractivity contribution in [2.45, 2.75) is 31.8 Å². The summed E-state index contributed by atoms with van der Waals surface area (Å²) < 4.78 is 0. The van der Waals surface area contributed by atoms with E-state index in [9.17, 15) is 0 Å². The van der Waals surface area contributed by atoms with E-state index in [0.717, 1.165) is 13.1 Å². The highest BCUT2D eigenvalue weighted by Gasteiger charge is 2.13. The highest BCUT2D eigenvalue weighted by Crippen LogP contribution is 2.30. The van der Waals surface area contributed by atoms with Crippen LogP contribution in [0.5, 0.6) is 0 Å². The Labute approximate surface area is 132 Å². The second-order valence-corrected chi connectivity index (χ2v) is 5.95. The summed E-state index contributed by atoms with van der Waals surface area (Å²) in [5.74, 6) is 0. The van der Waals surface area contributed by atoms with E-state index in [-0.39, 0.29) is 0 Å². The van der Waals surface area contributed by atoms with E-state index in [1.165, 1.54) is 27.3 Å². The molecule has 2 N–H and O–H groups in total. The zero-order valence-corrected chi connectivity index (χ0v) is 13.9. The van der Waals surface area contributed by atoms with Gasteiger partial charge in [0, 0.05) is 35.8 Å². The predicted octanol–water partition coefficient (Wildman–Crippen LogP) is 4.20. The molecule has 0 fully saturated rings. The molecule has 0 aromatic heterocycles. The van der Waals surface area contributed by atoms with Crippen LogP contribution in [-0.4, -0.2) is 12.8 Å². The number of benzene rings is 2. The normalized spacial score (nSPS) is 10.7. The van der Waals surface area contributed by atoms with E-state index >= 15 is 0 Å². The van der Waals surface area contributed by atoms with Crippen molar-refractivity contribution < 1.29 is 0 Å². The largest absolute Gasteiger partial charge is 0.367 e. The van der Waals surface area contributed by atoms with E-state index in [1.54, 1.807) is 11.8 Å². The lowest BCUT2D eigenvalue weighted by Gasteiger charge is -2.27. The molecule has 0 aliphatic rings. The molecule has 2 nitrogen and oxygen atoms in total. The summed E-state index contributed by atoms with van der Waals surface area (Å²) in [6.07, 6.45) is 2.11. The summed E-state index contributed by atoms with van der Waals surface area (Å²) in [4.78, 5) is 3.68. The first-order valence-electron chi connectivity index (χ1n) is 7.36. The molecular weight excluding hydrogens is 276 g/mol. The molecule has 0 amide bonds. The molecule has 0 saturated heterocycles. The van der Waals surface area contributed by atoms with Crippen LogP contribution in [0.4, 0.5) is 5.69 Å². The third-order valence-corrected chi connectivity index (χ3v) is 4.70. The number of anilines is 1. The monoisotopic (exact) mass is 300 g/mol. The molecule has 0 saturated carbocycles. The number of thioether (sulfide) groups is 1. The van der Waals surface area contributed by atoms with Crippen molar-refractivity contribution in [1.29, 1.82) is 0 Å². The van der Waals surface area contributed by atoms with Crippen LogP contribution >= 0.6 is 11.8 Å². The number of nitrogens with two attached hydrogens (primary N) is 1. The molecule has 0 aliphatic carbocycles. The molecule has 2 rings (SSSR count). The summed E-state index contributed by atoms with van der Waals surface area (Å²) in [5, 5.41) is 0. The molecule has 0 aliphatic heterocycles. The number of rotatable bonds is 6. The minimum Gasteiger partial charge on any atom is -0.367 e. The first-order valence-corrected chi connectivity index (χ1v) is 8.59. The summed E-state index contributed by atoms with van der Waals surface area (Å²) in [6.45, 7) is 6.85. The fraction of sp³-hybridized carbons (Fsp3) is 0.333. The Bertz CT molecular complexity index is 596. The standard InChI is InChI=1S/C18H24N2S/c1-4-20(13-15-9-6-5-8-14(15)2)17-10-7-11-18(21-3)16(17)12-19/h5-11H,4,12-13,19H2,1-3H3. The lowest BCUT2D eigenvalue weighted by atomic mass is 10.1. The van der Waals surface area contributed by atoms with Crippen LogP contribution in [0.25, 0.3) is 0 Å². The topological polar surface area (TPSA) is 29.3 Å². The molecule has 0 unspecified atom stereocenters. The van der Waals surface area contributed by atoms with E-state index in [1.807, 2.05) is 0 Å². The average Bonchev–Trinajstić information content (AvgIpc) is 2.53. The molecule has 0 bridgehead atoms. The molecule has 0 atom stereocenters. The molecule has 0 spiro atoms. The SMILES string of the molecule is CCN(Cc1ccccc1C)c1cccc(SC)c1CN. The van der Waals surface area contributed by atoms with Gasteiger partial charge in [0.1, 0.15) is 0 Å². The van der Waals surface area contributed by atoms with Crippen LogP contribution in [0.1, 0.15) is 23.6 Å². The van der Waals surface area contributed by atoms with Crippen molar-refractivity contribution in [2.24, 2.45) is 5.73 Å². The maximum absolute atomic E-state index is 6.00. The quantitative estimate of drug-likeness (QED) is 0.811. The van der Waals surface area contributed by atoms with E-state index in [0.29, 0.717) is 6.54 Å². The Morgan fingerprint density at radius 1 is 1.10 bits per heavy atom. The predicted molar refractivity (Wildman–Crippen MR) is 94.0 cm³/mol. The van der Waals surface area contributed by atoms with Crippen LogP contribution in [-0.2, 0) is 13.1 Å². The molecule has 3 heteroatoms. The minimum atomic E-state index is 0.580. The molecule has 0 radical (unpaired) electrons. The number of aryl methyl sites for hydroxylation is 1. The third-order valence-electron chi connectivity index (χ3n) is 3.88. The minimum absolute atomic E-state index is 0.580. The van der Waals surface area contributed by atoms with Crippen molar-refractivity contribution in [2.75, 3.05) is 17.7 Å². The van der Waals surface area contributed by atoms with E-state index in [4.69, 9.17) is 5.73 Å². The summed E-state index contributed by atoms with van der Waals surface area (Å²) in [5.41, 5.74) is 11.2. The Hall–Kier alpha value is -1.45. The van der Waals surface area contributed by atoms with Gasteiger partial charge in [0.2, 0.25) is 0 Å². The van der Waals surface area contributed by atoms with Gasteiger partial charge in [0.25, 0.3) is 0 Å². The maximum Gasteiger partial charge on any atom is 0.0432 e. The fourth-order valence-corrected chi connectivity index (χ4v) is 3.26. The lowest BCUT2D eigenvalue weighted by Crippen LogP contribution is -2.24. The number of nitrogens with zero attached hydrogens (tertiary/aromatic N) is 1. The van der Waals surface area contributed by atoms with Crippen LogP contribution in [0.3, 0.4) is 0 Å². The molecule has 112 valence electrons. The third kappa shape index (κ3) is 3.60. The van der Waals surface area contributed by atoms with Crippen molar-refractivity contribution in [1.82, 2.24) is 0 Å². The second kappa shape index (κ2) is 7.53. The Kier molecular flexibility index (Phi) is 5.71. The number of hydrogen-bond acceptors (Lipinski definition) is 3. The van der Waals surface area contributed by atoms with Gasteiger partial charge in [-0.3, -0.25) is 0 Å². The van der Waals surface area contributed by atoms with Gasteiger partial charge in [0.05, 0.1) is 0 Å². The van der Waals surface area contributed by atoms with E-state index in [2.05, 4.69) is 67.5 Å². The molecule has 2 aromatic rings. The van der Waals surface area contributed by atoms with Crippen molar-refractivity contribution >= 4 is 17.4 Å². The van der Waals surface area contributed by atoms with Crippen LogP contribution in [0.2, 0.25) is 0 Å². The van der Waals surface area contributed by atoms with Gasteiger partial charge in [0.15, 0.2) is 0 Å². The Morgan fingerprint density at radius 2 is 1.86 bits per heavy atom. The number of hydrogen-bond donors (Lipinski definition) is 1. The second-order valence-electron chi connectivity index (χ2n) is 5.10. The van der Waals surface area contributed by atoms with Gasteiger partial charge < -0.3 is 10.6 Å². The van der Waals surface area contributed by atoms with Crippen molar-refractivity contribution in [3.05, 3.63) is 59.2 Å². The van der Waals surface area contributed by atoms with Crippen LogP contribution in [0, 0.1) is 6.92 Å². The molecule has 2 aromatic carbocycles. The van der Waals surface area contributed by atoms with Gasteiger partial charge in [-0.1, -0.05) is 30.3 Å². The molecular formula is C18H24N2S. The highest BCUT2D eigenvalue weighted by molar-refractivity contribution is 7.98. The smallest absolute Gasteiger partial charge is 0.0432 e. The summed E-state index contributed by atoms with van der Waals surface area (Å²) >= 11 is 1.76. The zero-order chi connectivity index (χ0) is 15.2. The first kappa shape index (κ1) is 15.9. The summed E-state index contributed by atoms with van der Waals surface area (Å²) in [7, 11) is 0. The lowest BCUT2D eigenvalue weighted by molar-refractivity contribution is 0.813. The zero-order valence-electron chi connectivity index (χ0n) is 13.1. The van der Waals surface area contributed by atoms with Crippen LogP contribution < -0.4 is 10.6 Å². The van der Waals surface area contributed by atoms with Crippen molar-refractivity contribution in [3.63, 3.8) is 0 Å². The van der Waals surface area contributed by atoms with Crippen LogP contribution in [0.15, 0.2) is 47.4 Å². The van der Waals surface area contributed by atoms with Gasteiger partial charge >= 0.3 is 0 Å². The Balaban J connectivity index is 2.36. The van der Waals surface area contributed by atoms with Gasteiger partial charge in [-0.15, -0.1) is 11.8 Å². The fourth-order valence-electron chi connectivity index (χ4n) is 2.61. The van der Waals surface area contributed by atoms with Crippen molar-refractivity contribution in [3.8, 4) is 0 Å². The molecule has 0 heterocycles. The van der Waals surface area contributed by atoms with Gasteiger partial charge in [-0.05, 0) is 43.4 Å². The van der Waals surface area contributed by atoms with E-state index < -0.39 is 0 Å². The van der Waals surface area contributed by atoms with Gasteiger partial charge in [-0.2, -0.15) is 0 Å². The maximum atomic E-state index is 6.00. The molecule has 21 heavy (non-hydrogen) atoms. The first-order chi connectivity index (χ1) is 10.2. The Morgan fingerprint density at radius 3 is 2.48 bits per heavy atom.